The molecule has 0 radical (unpaired) electrons. The van der Waals surface area contributed by atoms with E-state index in [-0.39, 0.29) is 29.8 Å². The van der Waals surface area contributed by atoms with Gasteiger partial charge in [-0.2, -0.15) is 0 Å². The van der Waals surface area contributed by atoms with E-state index in [9.17, 15) is 4.39 Å². The molecule has 0 saturated heterocycles. The molecule has 8 heteroatoms. The fraction of sp³-hybridized carbons (Fsp3) is 0.562. The molecule has 0 aliphatic carbocycles. The molecule has 0 spiro atoms. The summed E-state index contributed by atoms with van der Waals surface area (Å²) in [6.45, 7) is 3.45. The van der Waals surface area contributed by atoms with Crippen LogP contribution in [-0.4, -0.2) is 53.0 Å². The van der Waals surface area contributed by atoms with Crippen LogP contribution in [0.2, 0.25) is 0 Å². The predicted molar refractivity (Wildman–Crippen MR) is 110 cm³/mol. The molecule has 0 heterocycles. The molecule has 0 aliphatic heterocycles. The zero-order valence-electron chi connectivity index (χ0n) is 14.1. The van der Waals surface area contributed by atoms with Crippen LogP contribution in [0, 0.1) is 5.82 Å². The highest BCUT2D eigenvalue weighted by Crippen LogP contribution is 2.16. The van der Waals surface area contributed by atoms with Crippen molar-refractivity contribution in [1.82, 2.24) is 10.6 Å². The normalized spacial score (nSPS) is 11.1. The molecule has 1 aromatic rings. The molecule has 0 aliphatic rings. The number of halogens is 3. The molecule has 0 aromatic heterocycles. The molecule has 0 fully saturated rings. The van der Waals surface area contributed by atoms with Gasteiger partial charge < -0.3 is 20.1 Å². The van der Waals surface area contributed by atoms with Crippen LogP contribution in [0.5, 0.6) is 0 Å². The van der Waals surface area contributed by atoms with E-state index in [4.69, 9.17) is 9.47 Å². The maximum absolute atomic E-state index is 13.2. The third kappa shape index (κ3) is 10.4. The quantitative estimate of drug-likeness (QED) is 0.217. The molecule has 138 valence electrons. The third-order valence-corrected chi connectivity index (χ3v) is 3.71. The standard InChI is InChI=1S/C16H25BrFN3O2.HI/c1-19-16(20-7-3-9-23-11-10-22-2)21-8-6-13-4-5-15(18)14(17)12-13;/h4-5,12H,3,6-11H2,1-2H3,(H2,19,20,21);1H. The summed E-state index contributed by atoms with van der Waals surface area (Å²) in [4.78, 5) is 4.16. The Morgan fingerprint density at radius 1 is 1.21 bits per heavy atom. The molecule has 0 atom stereocenters. The fourth-order valence-corrected chi connectivity index (χ4v) is 2.29. The average Bonchev–Trinajstić information content (AvgIpc) is 2.55. The van der Waals surface area contributed by atoms with E-state index in [0.29, 0.717) is 24.3 Å². The second-order valence-electron chi connectivity index (χ2n) is 4.88. The number of hydrogen-bond donors (Lipinski definition) is 2. The summed E-state index contributed by atoms with van der Waals surface area (Å²) in [6, 6.07) is 5.05. The second kappa shape index (κ2) is 14.9. The van der Waals surface area contributed by atoms with Crippen LogP contribution in [-0.2, 0) is 15.9 Å². The Kier molecular flexibility index (Phi) is 14.6. The summed E-state index contributed by atoms with van der Waals surface area (Å²) >= 11 is 3.19. The van der Waals surface area contributed by atoms with Crippen molar-refractivity contribution in [3.63, 3.8) is 0 Å². The van der Waals surface area contributed by atoms with Crippen molar-refractivity contribution in [1.29, 1.82) is 0 Å². The topological polar surface area (TPSA) is 54.9 Å². The van der Waals surface area contributed by atoms with Gasteiger partial charge in [-0.25, -0.2) is 4.39 Å². The smallest absolute Gasteiger partial charge is 0.190 e. The van der Waals surface area contributed by atoms with Crippen LogP contribution >= 0.6 is 39.9 Å². The molecule has 5 nitrogen and oxygen atoms in total. The highest BCUT2D eigenvalue weighted by atomic mass is 127. The lowest BCUT2D eigenvalue weighted by molar-refractivity contribution is 0.0698. The number of nitrogens with zero attached hydrogens (tertiary/aromatic N) is 1. The molecular weight excluding hydrogens is 492 g/mol. The lowest BCUT2D eigenvalue weighted by Crippen LogP contribution is -2.39. The van der Waals surface area contributed by atoms with Crippen LogP contribution in [0.1, 0.15) is 12.0 Å². The number of methoxy groups -OCH3 is 1. The van der Waals surface area contributed by atoms with Gasteiger partial charge in [0.05, 0.1) is 17.7 Å². The van der Waals surface area contributed by atoms with E-state index in [0.717, 1.165) is 37.5 Å². The van der Waals surface area contributed by atoms with Gasteiger partial charge in [-0.05, 0) is 46.5 Å². The van der Waals surface area contributed by atoms with Crippen molar-refractivity contribution in [2.24, 2.45) is 4.99 Å². The van der Waals surface area contributed by atoms with Gasteiger partial charge in [0.25, 0.3) is 0 Å². The molecule has 24 heavy (non-hydrogen) atoms. The summed E-state index contributed by atoms with van der Waals surface area (Å²) in [6.07, 6.45) is 1.69. The van der Waals surface area contributed by atoms with Crippen molar-refractivity contribution in [2.75, 3.05) is 47.1 Å². The maximum atomic E-state index is 13.2. The van der Waals surface area contributed by atoms with Crippen molar-refractivity contribution < 1.29 is 13.9 Å². The Bertz CT molecular complexity index is 492. The van der Waals surface area contributed by atoms with E-state index in [1.165, 1.54) is 6.07 Å². The average molecular weight is 518 g/mol. The third-order valence-electron chi connectivity index (χ3n) is 3.10. The Hall–Kier alpha value is -0.450. The molecule has 1 rings (SSSR count). The van der Waals surface area contributed by atoms with E-state index in [2.05, 4.69) is 31.6 Å². The number of hydrogen-bond acceptors (Lipinski definition) is 3. The Morgan fingerprint density at radius 3 is 2.62 bits per heavy atom. The minimum absolute atomic E-state index is 0. The molecule has 0 amide bonds. The van der Waals surface area contributed by atoms with Crippen LogP contribution in [0.25, 0.3) is 0 Å². The monoisotopic (exact) mass is 517 g/mol. The van der Waals surface area contributed by atoms with Gasteiger partial charge in [-0.15, -0.1) is 24.0 Å². The van der Waals surface area contributed by atoms with Gasteiger partial charge in [0.15, 0.2) is 5.96 Å². The number of rotatable bonds is 10. The van der Waals surface area contributed by atoms with Gasteiger partial charge in [-0.3, -0.25) is 4.99 Å². The molecular formula is C16H26BrFIN3O2. The van der Waals surface area contributed by atoms with E-state index in [1.807, 2.05) is 0 Å². The minimum atomic E-state index is -0.244. The molecule has 0 bridgehead atoms. The molecule has 1 aromatic carbocycles. The highest BCUT2D eigenvalue weighted by molar-refractivity contribution is 14.0. The summed E-state index contributed by atoms with van der Waals surface area (Å²) < 4.78 is 24.0. The first-order valence-corrected chi connectivity index (χ1v) is 8.41. The Morgan fingerprint density at radius 2 is 1.96 bits per heavy atom. The van der Waals surface area contributed by atoms with Gasteiger partial charge in [-0.1, -0.05) is 6.07 Å². The largest absolute Gasteiger partial charge is 0.382 e. The summed E-state index contributed by atoms with van der Waals surface area (Å²) in [5.74, 6) is 0.509. The zero-order valence-corrected chi connectivity index (χ0v) is 18.0. The first kappa shape index (κ1) is 23.5. The predicted octanol–water partition coefficient (Wildman–Crippen LogP) is 2.97. The number of guanidine groups is 1. The number of benzene rings is 1. The van der Waals surface area contributed by atoms with Crippen LogP contribution in [0.4, 0.5) is 4.39 Å². The highest BCUT2D eigenvalue weighted by Gasteiger charge is 2.01. The first-order chi connectivity index (χ1) is 11.2. The summed E-state index contributed by atoms with van der Waals surface area (Å²) in [5.41, 5.74) is 1.06. The van der Waals surface area contributed by atoms with Crippen molar-refractivity contribution >= 4 is 45.9 Å². The van der Waals surface area contributed by atoms with Crippen molar-refractivity contribution in [3.05, 3.63) is 34.1 Å². The van der Waals surface area contributed by atoms with Gasteiger partial charge >= 0.3 is 0 Å². The maximum Gasteiger partial charge on any atom is 0.190 e. The van der Waals surface area contributed by atoms with Gasteiger partial charge in [0.1, 0.15) is 5.82 Å². The SMILES string of the molecule is CN=C(NCCCOCCOC)NCCc1ccc(F)c(Br)c1.I. The second-order valence-corrected chi connectivity index (χ2v) is 5.74. The van der Waals surface area contributed by atoms with Crippen LogP contribution < -0.4 is 10.6 Å². The van der Waals surface area contributed by atoms with Crippen LogP contribution in [0.15, 0.2) is 27.7 Å². The Labute approximate surface area is 168 Å². The van der Waals surface area contributed by atoms with E-state index < -0.39 is 0 Å². The zero-order chi connectivity index (χ0) is 16.9. The summed E-state index contributed by atoms with van der Waals surface area (Å²) in [7, 11) is 3.39. The molecule has 0 saturated carbocycles. The van der Waals surface area contributed by atoms with Crippen molar-refractivity contribution in [3.8, 4) is 0 Å². The molecule has 0 unspecified atom stereocenters. The van der Waals surface area contributed by atoms with Gasteiger partial charge in [0, 0.05) is 33.9 Å². The van der Waals surface area contributed by atoms with Crippen molar-refractivity contribution in [2.45, 2.75) is 12.8 Å². The first-order valence-electron chi connectivity index (χ1n) is 7.62. The lowest BCUT2D eigenvalue weighted by atomic mass is 10.1. The number of nitrogens with one attached hydrogen (secondary N) is 2. The Balaban J connectivity index is 0.00000529. The van der Waals surface area contributed by atoms with E-state index in [1.54, 1.807) is 26.3 Å². The van der Waals surface area contributed by atoms with Crippen LogP contribution in [0.3, 0.4) is 0 Å². The fourth-order valence-electron chi connectivity index (χ4n) is 1.87. The minimum Gasteiger partial charge on any atom is -0.382 e. The van der Waals surface area contributed by atoms with E-state index >= 15 is 0 Å². The van der Waals surface area contributed by atoms with Gasteiger partial charge in [0.2, 0.25) is 0 Å². The summed E-state index contributed by atoms with van der Waals surface area (Å²) in [5, 5.41) is 6.46. The molecule has 2 N–H and O–H groups in total. The number of ether oxygens (including phenoxy) is 2. The number of aliphatic imine (C=N–C) groups is 1. The lowest BCUT2D eigenvalue weighted by Gasteiger charge is -2.12.